The number of halogens is 11. The minimum atomic E-state index is -7.48. The van der Waals surface area contributed by atoms with Crippen molar-refractivity contribution in [1.29, 1.82) is 0 Å². The highest BCUT2D eigenvalue weighted by Crippen LogP contribution is 2.60. The molecule has 1 atom stereocenters. The van der Waals surface area contributed by atoms with E-state index in [9.17, 15) is 48.3 Å². The molecule has 3 nitrogen and oxygen atoms in total. The van der Waals surface area contributed by atoms with Gasteiger partial charge in [0.05, 0.1) is 5.54 Å². The molecule has 0 aromatic rings. The van der Waals surface area contributed by atoms with E-state index in [1.807, 2.05) is 0 Å². The number of alkyl halides is 11. The van der Waals surface area contributed by atoms with Crippen molar-refractivity contribution in [2.75, 3.05) is 21.3 Å². The fourth-order valence-corrected chi connectivity index (χ4v) is 4.04. The fraction of sp³-hybridized carbons (Fsp3) is 1.00. The van der Waals surface area contributed by atoms with Gasteiger partial charge in [-0.25, -0.2) is 0 Å². The summed E-state index contributed by atoms with van der Waals surface area (Å²) >= 11 is 0. The second kappa shape index (κ2) is 6.81. The van der Waals surface area contributed by atoms with Crippen molar-refractivity contribution in [3.05, 3.63) is 0 Å². The average molecular weight is 418 g/mol. The van der Waals surface area contributed by atoms with Gasteiger partial charge >= 0.3 is 38.7 Å². The Balaban J connectivity index is 6.30. The molecule has 0 rings (SSSR count). The lowest BCUT2D eigenvalue weighted by Gasteiger charge is -2.42. The van der Waals surface area contributed by atoms with Crippen molar-refractivity contribution < 1.29 is 61.6 Å². The van der Waals surface area contributed by atoms with Gasteiger partial charge in [0.15, 0.2) is 0 Å². The Kier molecular flexibility index (Phi) is 6.63. The smallest absolute Gasteiger partial charge is 0.377 e. The van der Waals surface area contributed by atoms with E-state index >= 15 is 0 Å². The largest absolute Gasteiger partial charge is 0.509 e. The van der Waals surface area contributed by atoms with Crippen LogP contribution in [0.4, 0.5) is 48.3 Å². The molecule has 0 bridgehead atoms. The third-order valence-corrected chi connectivity index (χ3v) is 6.62. The second-order valence-corrected chi connectivity index (χ2v) is 8.08. The molecule has 0 aromatic carbocycles. The van der Waals surface area contributed by atoms with Gasteiger partial charge in [0.2, 0.25) is 0 Å². The second-order valence-electron chi connectivity index (χ2n) is 4.78. The van der Waals surface area contributed by atoms with Crippen molar-refractivity contribution in [1.82, 2.24) is 0 Å². The van der Waals surface area contributed by atoms with Crippen molar-refractivity contribution in [3.8, 4) is 0 Å². The standard InChI is InChI=1S/C10H13F11O3Si/c1-5(25(22-2,23-3)24-4)6(11,12)7(13,14)8(15,16)9(17,18)10(19,20)21/h5H,1-4H3. The predicted molar refractivity (Wildman–Crippen MR) is 62.0 cm³/mol. The van der Waals surface area contributed by atoms with Crippen molar-refractivity contribution >= 4 is 8.80 Å². The molecule has 0 radical (unpaired) electrons. The maximum Gasteiger partial charge on any atom is 0.509 e. The van der Waals surface area contributed by atoms with Gasteiger partial charge in [-0.2, -0.15) is 48.3 Å². The van der Waals surface area contributed by atoms with Gasteiger partial charge in [-0.3, -0.25) is 0 Å². The molecule has 0 spiro atoms. The highest BCUT2D eigenvalue weighted by Gasteiger charge is 2.88. The molecule has 0 saturated heterocycles. The van der Waals surface area contributed by atoms with Crippen LogP contribution in [0.2, 0.25) is 5.54 Å². The van der Waals surface area contributed by atoms with Gasteiger partial charge in [0.1, 0.15) is 0 Å². The van der Waals surface area contributed by atoms with E-state index in [4.69, 9.17) is 0 Å². The first-order valence-electron chi connectivity index (χ1n) is 6.07. The van der Waals surface area contributed by atoms with Crippen LogP contribution >= 0.6 is 0 Å². The summed E-state index contributed by atoms with van der Waals surface area (Å²) in [4.78, 5) is 0. The average Bonchev–Trinajstić information content (AvgIpc) is 2.47. The summed E-state index contributed by atoms with van der Waals surface area (Å²) < 4.78 is 156. The molecule has 25 heavy (non-hydrogen) atoms. The van der Waals surface area contributed by atoms with Crippen LogP contribution in [0.25, 0.3) is 0 Å². The molecule has 0 N–H and O–H groups in total. The molecule has 0 aliphatic carbocycles. The minimum Gasteiger partial charge on any atom is -0.377 e. The predicted octanol–water partition coefficient (Wildman–Crippen LogP) is 4.36. The summed E-state index contributed by atoms with van der Waals surface area (Å²) in [6.07, 6.45) is -7.21. The molecule has 152 valence electrons. The SMILES string of the molecule is CO[Si](OC)(OC)C(C)C(F)(F)C(F)(F)C(F)(F)C(F)(F)C(F)(F)F. The first-order chi connectivity index (χ1) is 10.8. The topological polar surface area (TPSA) is 27.7 Å². The third-order valence-electron chi connectivity index (χ3n) is 3.49. The fourth-order valence-electron chi connectivity index (χ4n) is 1.86. The molecule has 0 amide bonds. The van der Waals surface area contributed by atoms with Gasteiger partial charge < -0.3 is 13.3 Å². The van der Waals surface area contributed by atoms with Crippen LogP contribution < -0.4 is 0 Å². The molecule has 0 heterocycles. The summed E-state index contributed by atoms with van der Waals surface area (Å²) in [5.74, 6) is -28.2. The van der Waals surface area contributed by atoms with Gasteiger partial charge in [-0.1, -0.05) is 6.92 Å². The lowest BCUT2D eigenvalue weighted by Crippen LogP contribution is -2.69. The number of hydrogen-bond acceptors (Lipinski definition) is 3. The molecule has 0 aromatic heterocycles. The molecular weight excluding hydrogens is 405 g/mol. The highest BCUT2D eigenvalue weighted by molar-refractivity contribution is 6.62. The van der Waals surface area contributed by atoms with Crippen molar-refractivity contribution in [3.63, 3.8) is 0 Å². The van der Waals surface area contributed by atoms with Gasteiger partial charge in [0, 0.05) is 21.3 Å². The minimum absolute atomic E-state index is 0.137. The Labute approximate surface area is 135 Å². The normalized spacial score (nSPS) is 16.9. The summed E-state index contributed by atoms with van der Waals surface area (Å²) in [6, 6.07) is 0. The molecular formula is C10H13F11O3Si. The molecule has 0 fully saturated rings. The van der Waals surface area contributed by atoms with Gasteiger partial charge in [-0.05, 0) is 0 Å². The Bertz CT molecular complexity index is 453. The summed E-state index contributed by atoms with van der Waals surface area (Å²) in [5.41, 5.74) is -3.11. The van der Waals surface area contributed by atoms with E-state index < -0.39 is 44.2 Å². The first kappa shape index (κ1) is 24.3. The summed E-state index contributed by atoms with van der Waals surface area (Å²) in [6.45, 7) is 0.137. The van der Waals surface area contributed by atoms with Gasteiger partial charge in [-0.15, -0.1) is 0 Å². The van der Waals surface area contributed by atoms with Crippen molar-refractivity contribution in [2.45, 2.75) is 42.3 Å². The Hall–Kier alpha value is -0.673. The van der Waals surface area contributed by atoms with Crippen LogP contribution in [0.5, 0.6) is 0 Å². The summed E-state index contributed by atoms with van der Waals surface area (Å²) in [7, 11) is -2.99. The zero-order valence-electron chi connectivity index (χ0n) is 13.0. The lowest BCUT2D eigenvalue weighted by atomic mass is 9.96. The first-order valence-corrected chi connectivity index (χ1v) is 7.87. The van der Waals surface area contributed by atoms with E-state index in [1.165, 1.54) is 0 Å². The van der Waals surface area contributed by atoms with E-state index in [-0.39, 0.29) is 6.92 Å². The zero-order chi connectivity index (χ0) is 20.7. The zero-order valence-corrected chi connectivity index (χ0v) is 14.0. The summed E-state index contributed by atoms with van der Waals surface area (Å²) in [5, 5.41) is 0. The maximum absolute atomic E-state index is 13.9. The van der Waals surface area contributed by atoms with Crippen LogP contribution in [0.15, 0.2) is 0 Å². The Morgan fingerprint density at radius 2 is 0.920 bits per heavy atom. The van der Waals surface area contributed by atoms with Crippen LogP contribution in [-0.4, -0.2) is 60.0 Å². The molecule has 15 heteroatoms. The van der Waals surface area contributed by atoms with Gasteiger partial charge in [0.25, 0.3) is 0 Å². The monoisotopic (exact) mass is 418 g/mol. The molecule has 0 saturated carbocycles. The van der Waals surface area contributed by atoms with E-state index in [0.29, 0.717) is 21.3 Å². The molecule has 0 aliphatic heterocycles. The van der Waals surface area contributed by atoms with Crippen LogP contribution in [0.1, 0.15) is 6.92 Å². The Morgan fingerprint density at radius 3 is 1.16 bits per heavy atom. The quantitative estimate of drug-likeness (QED) is 0.433. The van der Waals surface area contributed by atoms with E-state index in [2.05, 4.69) is 13.3 Å². The molecule has 0 aliphatic rings. The van der Waals surface area contributed by atoms with Crippen LogP contribution in [0, 0.1) is 0 Å². The van der Waals surface area contributed by atoms with E-state index in [1.54, 1.807) is 0 Å². The Morgan fingerprint density at radius 1 is 0.600 bits per heavy atom. The number of hydrogen-bond donors (Lipinski definition) is 0. The van der Waals surface area contributed by atoms with E-state index in [0.717, 1.165) is 0 Å². The van der Waals surface area contributed by atoms with Crippen LogP contribution in [0.3, 0.4) is 0 Å². The van der Waals surface area contributed by atoms with Crippen LogP contribution in [-0.2, 0) is 13.3 Å². The lowest BCUT2D eigenvalue weighted by molar-refractivity contribution is -0.422. The third kappa shape index (κ3) is 3.34. The maximum atomic E-state index is 13.9. The van der Waals surface area contributed by atoms with Crippen molar-refractivity contribution in [2.24, 2.45) is 0 Å². The molecule has 1 unspecified atom stereocenters. The number of rotatable bonds is 8. The highest BCUT2D eigenvalue weighted by atomic mass is 28.4.